The van der Waals surface area contributed by atoms with Crippen molar-refractivity contribution < 1.29 is 9.90 Å². The zero-order valence-electron chi connectivity index (χ0n) is 15.3. The normalized spacial score (nSPS) is 12.0. The second-order valence-corrected chi connectivity index (χ2v) is 7.00. The number of aromatic hydroxyl groups is 1. The Labute approximate surface area is 163 Å². The summed E-state index contributed by atoms with van der Waals surface area (Å²) in [5, 5.41) is 20.9. The number of aryl methyl sites for hydroxylation is 2. The molecule has 3 N–H and O–H groups in total. The SMILES string of the molecule is Cc1n[nH]c(C)c1CNC(=O)C[C@@H](c1cccc(Cl)c1)c1ccccc1O. The zero-order chi connectivity index (χ0) is 19.4. The molecule has 5 nitrogen and oxygen atoms in total. The lowest BCUT2D eigenvalue weighted by Gasteiger charge is -2.19. The number of carbonyl (C=O) groups is 1. The van der Waals surface area contributed by atoms with E-state index in [1.54, 1.807) is 18.2 Å². The van der Waals surface area contributed by atoms with Gasteiger partial charge in [0, 0.05) is 40.7 Å². The number of carbonyl (C=O) groups excluding carboxylic acids is 1. The number of amides is 1. The maximum absolute atomic E-state index is 12.7. The predicted octanol–water partition coefficient (Wildman–Crippen LogP) is 4.22. The van der Waals surface area contributed by atoms with Crippen LogP contribution in [0.2, 0.25) is 5.02 Å². The Kier molecular flexibility index (Phi) is 5.81. The van der Waals surface area contributed by atoms with Crippen LogP contribution in [0.5, 0.6) is 5.75 Å². The molecule has 0 saturated carbocycles. The monoisotopic (exact) mass is 383 g/mol. The number of benzene rings is 2. The van der Waals surface area contributed by atoms with Crippen LogP contribution in [0.15, 0.2) is 48.5 Å². The van der Waals surface area contributed by atoms with Crippen LogP contribution in [0.4, 0.5) is 0 Å². The van der Waals surface area contributed by atoms with Gasteiger partial charge in [0.25, 0.3) is 0 Å². The first kappa shape index (κ1) is 19.0. The summed E-state index contributed by atoms with van der Waals surface area (Å²) in [7, 11) is 0. The summed E-state index contributed by atoms with van der Waals surface area (Å²) >= 11 is 6.14. The summed E-state index contributed by atoms with van der Waals surface area (Å²) in [4.78, 5) is 12.7. The molecule has 1 heterocycles. The van der Waals surface area contributed by atoms with Gasteiger partial charge in [-0.2, -0.15) is 5.10 Å². The van der Waals surface area contributed by atoms with Gasteiger partial charge in [-0.05, 0) is 37.6 Å². The summed E-state index contributed by atoms with van der Waals surface area (Å²) in [6, 6.07) is 14.5. The lowest BCUT2D eigenvalue weighted by molar-refractivity contribution is -0.121. The highest BCUT2D eigenvalue weighted by Crippen LogP contribution is 2.34. The molecule has 0 aliphatic rings. The number of H-pyrrole nitrogens is 1. The maximum atomic E-state index is 12.7. The zero-order valence-corrected chi connectivity index (χ0v) is 16.0. The van der Waals surface area contributed by atoms with Gasteiger partial charge < -0.3 is 10.4 Å². The topological polar surface area (TPSA) is 78.0 Å². The fraction of sp³-hybridized carbons (Fsp3) is 0.238. The van der Waals surface area contributed by atoms with Crippen LogP contribution in [-0.2, 0) is 11.3 Å². The number of aromatic nitrogens is 2. The first-order valence-electron chi connectivity index (χ1n) is 8.76. The number of rotatable bonds is 6. The number of aromatic amines is 1. The van der Waals surface area contributed by atoms with Gasteiger partial charge in [-0.25, -0.2) is 0 Å². The molecular formula is C21H22ClN3O2. The van der Waals surface area contributed by atoms with E-state index >= 15 is 0 Å². The van der Waals surface area contributed by atoms with Crippen LogP contribution in [0.3, 0.4) is 0 Å². The molecule has 1 aromatic heterocycles. The van der Waals surface area contributed by atoms with Crippen molar-refractivity contribution in [3.05, 3.63) is 81.6 Å². The Morgan fingerprint density at radius 3 is 2.67 bits per heavy atom. The molecule has 0 radical (unpaired) electrons. The third-order valence-corrected chi connectivity index (χ3v) is 4.93. The summed E-state index contributed by atoms with van der Waals surface area (Å²) in [6.07, 6.45) is 0.202. The van der Waals surface area contributed by atoms with Crippen LogP contribution >= 0.6 is 11.6 Å². The van der Waals surface area contributed by atoms with Gasteiger partial charge in [0.1, 0.15) is 5.75 Å². The van der Waals surface area contributed by atoms with Crippen molar-refractivity contribution in [2.24, 2.45) is 0 Å². The number of phenolic OH excluding ortho intramolecular Hbond substituents is 1. The number of nitrogens with zero attached hydrogens (tertiary/aromatic N) is 1. The Morgan fingerprint density at radius 2 is 2.00 bits per heavy atom. The fourth-order valence-corrected chi connectivity index (χ4v) is 3.39. The molecule has 27 heavy (non-hydrogen) atoms. The lowest BCUT2D eigenvalue weighted by atomic mass is 9.87. The summed E-state index contributed by atoms with van der Waals surface area (Å²) in [5.74, 6) is -0.239. The number of halogens is 1. The van der Waals surface area contributed by atoms with Crippen LogP contribution in [-0.4, -0.2) is 21.2 Å². The first-order chi connectivity index (χ1) is 13.0. The second-order valence-electron chi connectivity index (χ2n) is 6.56. The summed E-state index contributed by atoms with van der Waals surface area (Å²) in [6.45, 7) is 4.25. The minimum atomic E-state index is -0.295. The third kappa shape index (κ3) is 4.49. The first-order valence-corrected chi connectivity index (χ1v) is 9.14. The molecule has 6 heteroatoms. The Bertz CT molecular complexity index is 933. The molecule has 0 fully saturated rings. The molecule has 1 amide bonds. The molecule has 3 rings (SSSR count). The van der Waals surface area contributed by atoms with E-state index in [0.717, 1.165) is 22.5 Å². The van der Waals surface area contributed by atoms with E-state index in [0.29, 0.717) is 17.1 Å². The Balaban J connectivity index is 1.81. The van der Waals surface area contributed by atoms with Gasteiger partial charge in [0.15, 0.2) is 0 Å². The molecular weight excluding hydrogens is 362 g/mol. The quantitative estimate of drug-likeness (QED) is 0.596. The highest BCUT2D eigenvalue weighted by molar-refractivity contribution is 6.30. The average molecular weight is 384 g/mol. The van der Waals surface area contributed by atoms with Crippen LogP contribution in [0, 0.1) is 13.8 Å². The highest BCUT2D eigenvalue weighted by Gasteiger charge is 2.21. The van der Waals surface area contributed by atoms with Crippen molar-refractivity contribution in [1.82, 2.24) is 15.5 Å². The van der Waals surface area contributed by atoms with Gasteiger partial charge in [0.2, 0.25) is 5.91 Å². The van der Waals surface area contributed by atoms with E-state index in [-0.39, 0.29) is 24.0 Å². The van der Waals surface area contributed by atoms with Gasteiger partial charge in [-0.3, -0.25) is 9.89 Å². The van der Waals surface area contributed by atoms with Crippen molar-refractivity contribution >= 4 is 17.5 Å². The van der Waals surface area contributed by atoms with Gasteiger partial charge in [-0.1, -0.05) is 41.9 Å². The minimum Gasteiger partial charge on any atom is -0.508 e. The molecule has 0 unspecified atom stereocenters. The van der Waals surface area contributed by atoms with Crippen LogP contribution < -0.4 is 5.32 Å². The molecule has 0 aliphatic carbocycles. The van der Waals surface area contributed by atoms with E-state index in [4.69, 9.17) is 11.6 Å². The fourth-order valence-electron chi connectivity index (χ4n) is 3.19. The third-order valence-electron chi connectivity index (χ3n) is 4.70. The second kappa shape index (κ2) is 8.27. The van der Waals surface area contributed by atoms with Crippen LogP contribution in [0.1, 0.15) is 40.4 Å². The van der Waals surface area contributed by atoms with Gasteiger partial charge in [0.05, 0.1) is 5.69 Å². The molecule has 0 saturated heterocycles. The molecule has 2 aromatic carbocycles. The van der Waals surface area contributed by atoms with Crippen LogP contribution in [0.25, 0.3) is 0 Å². The molecule has 140 valence electrons. The largest absolute Gasteiger partial charge is 0.508 e. The molecule has 3 aromatic rings. The molecule has 0 bridgehead atoms. The maximum Gasteiger partial charge on any atom is 0.221 e. The minimum absolute atomic E-state index is 0.108. The number of hydrogen-bond acceptors (Lipinski definition) is 3. The van der Waals surface area contributed by atoms with Crippen molar-refractivity contribution in [3.63, 3.8) is 0 Å². The smallest absolute Gasteiger partial charge is 0.221 e. The summed E-state index contributed by atoms with van der Waals surface area (Å²) in [5.41, 5.74) is 4.39. The van der Waals surface area contributed by atoms with Crippen molar-refractivity contribution in [2.75, 3.05) is 0 Å². The van der Waals surface area contributed by atoms with E-state index in [1.165, 1.54) is 0 Å². The van der Waals surface area contributed by atoms with Crippen molar-refractivity contribution in [3.8, 4) is 5.75 Å². The molecule has 0 spiro atoms. The Morgan fingerprint density at radius 1 is 1.22 bits per heavy atom. The van der Waals surface area contributed by atoms with E-state index < -0.39 is 0 Å². The molecule has 1 atom stereocenters. The Hall–Kier alpha value is -2.79. The molecule has 0 aliphatic heterocycles. The average Bonchev–Trinajstić information content (AvgIpc) is 2.96. The van der Waals surface area contributed by atoms with Gasteiger partial charge in [-0.15, -0.1) is 0 Å². The predicted molar refractivity (Wildman–Crippen MR) is 106 cm³/mol. The van der Waals surface area contributed by atoms with E-state index in [1.807, 2.05) is 44.2 Å². The standard InChI is InChI=1S/C21H22ClN3O2/c1-13-19(14(2)25-24-13)12-23-21(27)11-18(15-6-5-7-16(22)10-15)17-8-3-4-9-20(17)26/h3-10,18,26H,11-12H2,1-2H3,(H,23,27)(H,24,25)/t18-/m0/s1. The van der Waals surface area contributed by atoms with Gasteiger partial charge >= 0.3 is 0 Å². The number of hydrogen-bond donors (Lipinski definition) is 3. The van der Waals surface area contributed by atoms with Crippen molar-refractivity contribution in [1.29, 1.82) is 0 Å². The highest BCUT2D eigenvalue weighted by atomic mass is 35.5. The number of nitrogens with one attached hydrogen (secondary N) is 2. The number of para-hydroxylation sites is 1. The summed E-state index contributed by atoms with van der Waals surface area (Å²) < 4.78 is 0. The number of phenols is 1. The van der Waals surface area contributed by atoms with E-state index in [9.17, 15) is 9.90 Å². The van der Waals surface area contributed by atoms with Crippen molar-refractivity contribution in [2.45, 2.75) is 32.7 Å². The van der Waals surface area contributed by atoms with E-state index in [2.05, 4.69) is 15.5 Å². The lowest BCUT2D eigenvalue weighted by Crippen LogP contribution is -2.25.